The van der Waals surface area contributed by atoms with Gasteiger partial charge in [0.05, 0.1) is 11.4 Å². The van der Waals surface area contributed by atoms with Crippen molar-refractivity contribution in [1.29, 1.82) is 0 Å². The number of anilines is 2. The summed E-state index contributed by atoms with van der Waals surface area (Å²) < 4.78 is 0. The van der Waals surface area contributed by atoms with Crippen molar-refractivity contribution in [3.05, 3.63) is 23.8 Å². The summed E-state index contributed by atoms with van der Waals surface area (Å²) in [5.74, 6) is 0.790. The van der Waals surface area contributed by atoms with Gasteiger partial charge in [0, 0.05) is 13.1 Å². The second-order valence-corrected chi connectivity index (χ2v) is 4.76. The lowest BCUT2D eigenvalue weighted by Crippen LogP contribution is -2.34. The fraction of sp³-hybridized carbons (Fsp3) is 0.538. The largest absolute Gasteiger partial charge is 0.397 e. The monoisotopic (exact) mass is 204 g/mol. The van der Waals surface area contributed by atoms with Crippen LogP contribution in [0.4, 0.5) is 11.4 Å². The predicted molar refractivity (Wildman–Crippen MR) is 66.2 cm³/mol. The van der Waals surface area contributed by atoms with Crippen molar-refractivity contribution in [2.24, 2.45) is 5.92 Å². The van der Waals surface area contributed by atoms with Gasteiger partial charge < -0.3 is 10.6 Å². The molecule has 2 N–H and O–H groups in total. The molecule has 0 spiro atoms. The number of hydrogen-bond acceptors (Lipinski definition) is 2. The molecule has 0 unspecified atom stereocenters. The Bertz CT molecular complexity index is 346. The summed E-state index contributed by atoms with van der Waals surface area (Å²) >= 11 is 0. The maximum Gasteiger partial charge on any atom is 0.0602 e. The molecule has 0 saturated carbocycles. The van der Waals surface area contributed by atoms with Crippen LogP contribution < -0.4 is 10.6 Å². The number of hydrogen-bond donors (Lipinski definition) is 1. The Balaban J connectivity index is 2.24. The zero-order chi connectivity index (χ0) is 10.8. The Kier molecular flexibility index (Phi) is 2.85. The number of nitrogen functional groups attached to an aromatic ring is 1. The fourth-order valence-corrected chi connectivity index (χ4v) is 2.34. The van der Waals surface area contributed by atoms with Crippen LogP contribution in [0.3, 0.4) is 0 Å². The van der Waals surface area contributed by atoms with Gasteiger partial charge in [-0.3, -0.25) is 0 Å². The summed E-state index contributed by atoms with van der Waals surface area (Å²) in [6, 6.07) is 6.30. The second kappa shape index (κ2) is 4.13. The molecule has 1 fully saturated rings. The van der Waals surface area contributed by atoms with Crippen LogP contribution in [-0.4, -0.2) is 13.1 Å². The summed E-state index contributed by atoms with van der Waals surface area (Å²) in [7, 11) is 0. The van der Waals surface area contributed by atoms with E-state index in [-0.39, 0.29) is 0 Å². The topological polar surface area (TPSA) is 29.3 Å². The first-order valence-corrected chi connectivity index (χ1v) is 5.78. The molecule has 0 aromatic heterocycles. The molecular formula is C13H20N2. The molecule has 1 aromatic rings. The molecule has 1 saturated heterocycles. The van der Waals surface area contributed by atoms with Crippen LogP contribution in [0.15, 0.2) is 18.2 Å². The minimum Gasteiger partial charge on any atom is -0.397 e. The fourth-order valence-electron chi connectivity index (χ4n) is 2.34. The molecule has 2 nitrogen and oxygen atoms in total. The Labute approximate surface area is 92.1 Å². The van der Waals surface area contributed by atoms with Crippen LogP contribution in [0.1, 0.15) is 25.3 Å². The van der Waals surface area contributed by atoms with Gasteiger partial charge in [-0.25, -0.2) is 0 Å². The van der Waals surface area contributed by atoms with E-state index in [0.29, 0.717) is 0 Å². The van der Waals surface area contributed by atoms with Gasteiger partial charge in [-0.05, 0) is 43.4 Å². The van der Waals surface area contributed by atoms with Crippen LogP contribution >= 0.6 is 0 Å². The van der Waals surface area contributed by atoms with E-state index in [2.05, 4.69) is 30.9 Å². The third-order valence-corrected chi connectivity index (χ3v) is 3.18. The van der Waals surface area contributed by atoms with Crippen molar-refractivity contribution in [1.82, 2.24) is 0 Å². The van der Waals surface area contributed by atoms with E-state index in [1.807, 2.05) is 6.07 Å². The number of rotatable bonds is 1. The van der Waals surface area contributed by atoms with Gasteiger partial charge in [0.2, 0.25) is 0 Å². The average molecular weight is 204 g/mol. The van der Waals surface area contributed by atoms with E-state index in [1.54, 1.807) is 0 Å². The molecule has 1 atom stereocenters. The molecule has 0 aliphatic carbocycles. The molecule has 0 amide bonds. The van der Waals surface area contributed by atoms with Crippen molar-refractivity contribution in [3.63, 3.8) is 0 Å². The van der Waals surface area contributed by atoms with Crippen molar-refractivity contribution in [3.8, 4) is 0 Å². The number of benzene rings is 1. The van der Waals surface area contributed by atoms with E-state index >= 15 is 0 Å². The third kappa shape index (κ3) is 2.25. The van der Waals surface area contributed by atoms with E-state index in [0.717, 1.165) is 24.7 Å². The zero-order valence-corrected chi connectivity index (χ0v) is 9.66. The average Bonchev–Trinajstić information content (AvgIpc) is 2.22. The van der Waals surface area contributed by atoms with Gasteiger partial charge in [0.15, 0.2) is 0 Å². The maximum absolute atomic E-state index is 6.02. The standard InChI is InChI=1S/C13H20N2/c1-10-5-6-12(14)13(8-10)15-7-3-4-11(2)9-15/h5-6,8,11H,3-4,7,9,14H2,1-2H3/t11-/m0/s1. The highest BCUT2D eigenvalue weighted by Gasteiger charge is 2.18. The summed E-state index contributed by atoms with van der Waals surface area (Å²) in [6.07, 6.45) is 2.64. The van der Waals surface area contributed by atoms with Crippen LogP contribution in [0, 0.1) is 12.8 Å². The number of aryl methyl sites for hydroxylation is 1. The summed E-state index contributed by atoms with van der Waals surface area (Å²) in [5.41, 5.74) is 9.45. The zero-order valence-electron chi connectivity index (χ0n) is 9.66. The van der Waals surface area contributed by atoms with Crippen LogP contribution in [0.5, 0.6) is 0 Å². The second-order valence-electron chi connectivity index (χ2n) is 4.76. The summed E-state index contributed by atoms with van der Waals surface area (Å²) in [4.78, 5) is 2.43. The Hall–Kier alpha value is -1.18. The first-order valence-electron chi connectivity index (χ1n) is 5.78. The SMILES string of the molecule is Cc1ccc(N)c(N2CCC[C@H](C)C2)c1. The molecule has 82 valence electrons. The number of nitrogens with two attached hydrogens (primary N) is 1. The molecule has 1 aliphatic rings. The maximum atomic E-state index is 6.02. The molecule has 1 aromatic carbocycles. The van der Waals surface area contributed by atoms with Crippen molar-refractivity contribution >= 4 is 11.4 Å². The van der Waals surface area contributed by atoms with Gasteiger partial charge in [0.1, 0.15) is 0 Å². The van der Waals surface area contributed by atoms with Crippen LogP contribution in [0.2, 0.25) is 0 Å². The normalized spacial score (nSPS) is 21.7. The van der Waals surface area contributed by atoms with E-state index < -0.39 is 0 Å². The minimum atomic E-state index is 0.790. The number of nitrogens with zero attached hydrogens (tertiary/aromatic N) is 1. The van der Waals surface area contributed by atoms with Crippen molar-refractivity contribution in [2.75, 3.05) is 23.7 Å². The molecule has 2 heteroatoms. The van der Waals surface area contributed by atoms with Gasteiger partial charge >= 0.3 is 0 Å². The lowest BCUT2D eigenvalue weighted by Gasteiger charge is -2.33. The molecule has 0 radical (unpaired) electrons. The molecule has 0 bridgehead atoms. The third-order valence-electron chi connectivity index (χ3n) is 3.18. The van der Waals surface area contributed by atoms with Crippen molar-refractivity contribution in [2.45, 2.75) is 26.7 Å². The molecule has 2 rings (SSSR count). The highest BCUT2D eigenvalue weighted by Crippen LogP contribution is 2.28. The lowest BCUT2D eigenvalue weighted by atomic mass is 9.99. The highest BCUT2D eigenvalue weighted by atomic mass is 15.1. The summed E-state index contributed by atoms with van der Waals surface area (Å²) in [5, 5.41) is 0. The lowest BCUT2D eigenvalue weighted by molar-refractivity contribution is 0.447. The van der Waals surface area contributed by atoms with Crippen LogP contribution in [-0.2, 0) is 0 Å². The van der Waals surface area contributed by atoms with E-state index in [1.165, 1.54) is 24.1 Å². The molecule has 1 heterocycles. The van der Waals surface area contributed by atoms with E-state index in [4.69, 9.17) is 5.73 Å². The Morgan fingerprint density at radius 3 is 2.93 bits per heavy atom. The van der Waals surface area contributed by atoms with Gasteiger partial charge in [0.25, 0.3) is 0 Å². The van der Waals surface area contributed by atoms with Gasteiger partial charge in [-0.15, -0.1) is 0 Å². The molecule has 1 aliphatic heterocycles. The minimum absolute atomic E-state index is 0.790. The summed E-state index contributed by atoms with van der Waals surface area (Å²) in [6.45, 7) is 6.74. The predicted octanol–water partition coefficient (Wildman–Crippen LogP) is 2.81. The smallest absolute Gasteiger partial charge is 0.0602 e. The van der Waals surface area contributed by atoms with E-state index in [9.17, 15) is 0 Å². The number of piperidine rings is 1. The Morgan fingerprint density at radius 2 is 2.20 bits per heavy atom. The van der Waals surface area contributed by atoms with Gasteiger partial charge in [-0.2, -0.15) is 0 Å². The molecule has 15 heavy (non-hydrogen) atoms. The first-order chi connectivity index (χ1) is 7.16. The van der Waals surface area contributed by atoms with Crippen molar-refractivity contribution < 1.29 is 0 Å². The van der Waals surface area contributed by atoms with Crippen LogP contribution in [0.25, 0.3) is 0 Å². The Morgan fingerprint density at radius 1 is 1.40 bits per heavy atom. The molecular weight excluding hydrogens is 184 g/mol. The quantitative estimate of drug-likeness (QED) is 0.713. The highest BCUT2D eigenvalue weighted by molar-refractivity contribution is 5.68. The first kappa shape index (κ1) is 10.3. The van der Waals surface area contributed by atoms with Gasteiger partial charge in [-0.1, -0.05) is 13.0 Å².